The second-order valence-electron chi connectivity index (χ2n) is 4.39. The van der Waals surface area contributed by atoms with Gasteiger partial charge in [-0.2, -0.15) is 5.26 Å². The minimum atomic E-state index is -0.146. The zero-order valence-corrected chi connectivity index (χ0v) is 12.5. The van der Waals surface area contributed by atoms with Crippen molar-refractivity contribution < 1.29 is 9.90 Å². The van der Waals surface area contributed by atoms with E-state index in [4.69, 9.17) is 5.26 Å². The summed E-state index contributed by atoms with van der Waals surface area (Å²) in [5.74, 6) is -0.127. The van der Waals surface area contributed by atoms with Gasteiger partial charge >= 0.3 is 0 Å². The van der Waals surface area contributed by atoms with Crippen LogP contribution in [0.3, 0.4) is 0 Å². The Hall–Kier alpha value is -1.33. The van der Waals surface area contributed by atoms with Gasteiger partial charge in [0, 0.05) is 29.7 Å². The van der Waals surface area contributed by atoms with Gasteiger partial charge in [0.1, 0.15) is 5.75 Å². The lowest BCUT2D eigenvalue weighted by atomic mass is 10.1. The summed E-state index contributed by atoms with van der Waals surface area (Å²) >= 11 is 2.11. The predicted molar refractivity (Wildman–Crippen MR) is 78.8 cm³/mol. The van der Waals surface area contributed by atoms with Gasteiger partial charge in [0.15, 0.2) is 0 Å². The molecule has 1 N–H and O–H groups in total. The lowest BCUT2D eigenvalue weighted by Crippen LogP contribution is -2.48. The zero-order chi connectivity index (χ0) is 13.8. The second kappa shape index (κ2) is 6.21. The quantitative estimate of drug-likeness (QED) is 0.628. The maximum atomic E-state index is 12.3. The smallest absolute Gasteiger partial charge is 0.257 e. The van der Waals surface area contributed by atoms with E-state index in [2.05, 4.69) is 28.7 Å². The van der Waals surface area contributed by atoms with E-state index >= 15 is 0 Å². The molecule has 1 amide bonds. The summed E-state index contributed by atoms with van der Waals surface area (Å²) in [4.78, 5) is 16.0. The van der Waals surface area contributed by atoms with Crippen LogP contribution in [0.25, 0.3) is 0 Å². The molecule has 0 aliphatic carbocycles. The van der Waals surface area contributed by atoms with Crippen LogP contribution in [0, 0.1) is 14.9 Å². The van der Waals surface area contributed by atoms with Crippen LogP contribution in [-0.4, -0.2) is 53.5 Å². The largest absolute Gasteiger partial charge is 0.507 e. The first-order valence-electron chi connectivity index (χ1n) is 5.99. The molecule has 0 spiro atoms. The molecule has 1 saturated heterocycles. The van der Waals surface area contributed by atoms with Gasteiger partial charge in [0.05, 0.1) is 18.2 Å². The van der Waals surface area contributed by atoms with Crippen LogP contribution in [0.1, 0.15) is 10.4 Å². The number of amides is 1. The number of nitriles is 1. The Balaban J connectivity index is 2.05. The van der Waals surface area contributed by atoms with Crippen molar-refractivity contribution in [3.63, 3.8) is 0 Å². The van der Waals surface area contributed by atoms with Gasteiger partial charge < -0.3 is 10.0 Å². The molecule has 19 heavy (non-hydrogen) atoms. The van der Waals surface area contributed by atoms with E-state index in [1.165, 1.54) is 0 Å². The molecule has 1 aliphatic heterocycles. The van der Waals surface area contributed by atoms with E-state index in [0.29, 0.717) is 38.3 Å². The van der Waals surface area contributed by atoms with Gasteiger partial charge in [-0.15, -0.1) is 0 Å². The molecule has 1 aliphatic rings. The number of nitrogens with zero attached hydrogens (tertiary/aromatic N) is 3. The van der Waals surface area contributed by atoms with Crippen LogP contribution in [0.4, 0.5) is 0 Å². The van der Waals surface area contributed by atoms with E-state index < -0.39 is 0 Å². The lowest BCUT2D eigenvalue weighted by molar-refractivity contribution is 0.0649. The van der Waals surface area contributed by atoms with Crippen molar-refractivity contribution in [1.29, 1.82) is 5.26 Å². The van der Waals surface area contributed by atoms with Crippen LogP contribution in [0.2, 0.25) is 0 Å². The van der Waals surface area contributed by atoms with Crippen molar-refractivity contribution >= 4 is 28.5 Å². The van der Waals surface area contributed by atoms with Crippen LogP contribution in [0.5, 0.6) is 5.75 Å². The summed E-state index contributed by atoms with van der Waals surface area (Å²) in [6.45, 7) is 2.97. The van der Waals surface area contributed by atoms with Crippen molar-refractivity contribution in [3.05, 3.63) is 27.3 Å². The Kier molecular flexibility index (Phi) is 4.61. The Labute approximate surface area is 125 Å². The topological polar surface area (TPSA) is 67.6 Å². The van der Waals surface area contributed by atoms with Crippen molar-refractivity contribution in [3.8, 4) is 11.8 Å². The summed E-state index contributed by atoms with van der Waals surface area (Å²) in [7, 11) is 0. The fourth-order valence-electron chi connectivity index (χ4n) is 2.06. The van der Waals surface area contributed by atoms with E-state index in [1.807, 2.05) is 4.90 Å². The number of aromatic hydroxyl groups is 1. The number of rotatable bonds is 2. The lowest BCUT2D eigenvalue weighted by Gasteiger charge is -2.33. The third-order valence-corrected chi connectivity index (χ3v) is 3.81. The van der Waals surface area contributed by atoms with Crippen molar-refractivity contribution in [2.75, 3.05) is 32.7 Å². The minimum absolute atomic E-state index is 0.0184. The standard InChI is InChI=1S/C13H14IN3O2/c14-10-1-2-12(18)11(9-10)13(19)17-7-5-16(4-3-15)6-8-17/h1-2,9,18H,4-8H2. The highest BCUT2D eigenvalue weighted by atomic mass is 127. The van der Waals surface area contributed by atoms with Crippen LogP contribution in [0.15, 0.2) is 18.2 Å². The zero-order valence-electron chi connectivity index (χ0n) is 10.3. The van der Waals surface area contributed by atoms with Gasteiger partial charge in [-0.3, -0.25) is 9.69 Å². The fraction of sp³-hybridized carbons (Fsp3) is 0.385. The average molecular weight is 371 g/mol. The molecule has 0 atom stereocenters. The fourth-order valence-corrected chi connectivity index (χ4v) is 2.55. The number of hydrogen-bond acceptors (Lipinski definition) is 4. The Morgan fingerprint density at radius 1 is 1.37 bits per heavy atom. The van der Waals surface area contributed by atoms with Crippen LogP contribution in [-0.2, 0) is 0 Å². The molecule has 5 nitrogen and oxygen atoms in total. The van der Waals surface area contributed by atoms with Gasteiger partial charge in [-0.05, 0) is 40.8 Å². The molecule has 0 bridgehead atoms. The van der Waals surface area contributed by atoms with E-state index in [0.717, 1.165) is 3.57 Å². The molecule has 1 fully saturated rings. The third kappa shape index (κ3) is 3.36. The van der Waals surface area contributed by atoms with E-state index in [-0.39, 0.29) is 11.7 Å². The molecule has 0 unspecified atom stereocenters. The van der Waals surface area contributed by atoms with Gasteiger partial charge in [-0.1, -0.05) is 0 Å². The molecule has 1 heterocycles. The number of benzene rings is 1. The molecule has 0 radical (unpaired) electrons. The van der Waals surface area contributed by atoms with Crippen LogP contribution >= 0.6 is 22.6 Å². The van der Waals surface area contributed by atoms with E-state index in [9.17, 15) is 9.90 Å². The number of phenolic OH excluding ortho intramolecular Hbond substituents is 1. The molecule has 100 valence electrons. The molecule has 1 aromatic rings. The second-order valence-corrected chi connectivity index (χ2v) is 5.63. The summed E-state index contributed by atoms with van der Waals surface area (Å²) in [5.41, 5.74) is 0.348. The number of carbonyl (C=O) groups is 1. The molecule has 1 aromatic carbocycles. The van der Waals surface area contributed by atoms with Gasteiger partial charge in [0.2, 0.25) is 0 Å². The number of phenols is 1. The Morgan fingerprint density at radius 2 is 2.05 bits per heavy atom. The van der Waals surface area contributed by atoms with Gasteiger partial charge in [-0.25, -0.2) is 0 Å². The van der Waals surface area contributed by atoms with E-state index in [1.54, 1.807) is 23.1 Å². The molecular formula is C13H14IN3O2. The number of carbonyl (C=O) groups excluding carboxylic acids is 1. The highest BCUT2D eigenvalue weighted by Crippen LogP contribution is 2.21. The highest BCUT2D eigenvalue weighted by Gasteiger charge is 2.23. The summed E-state index contributed by atoms with van der Waals surface area (Å²) in [6, 6.07) is 7.11. The average Bonchev–Trinajstić information content (AvgIpc) is 2.42. The third-order valence-electron chi connectivity index (χ3n) is 3.14. The highest BCUT2D eigenvalue weighted by molar-refractivity contribution is 14.1. The first-order valence-corrected chi connectivity index (χ1v) is 7.07. The summed E-state index contributed by atoms with van der Waals surface area (Å²) < 4.78 is 0.918. The number of hydrogen-bond donors (Lipinski definition) is 1. The normalized spacial score (nSPS) is 16.1. The molecule has 6 heteroatoms. The summed E-state index contributed by atoms with van der Waals surface area (Å²) in [6.07, 6.45) is 0. The SMILES string of the molecule is N#CCN1CCN(C(=O)c2cc(I)ccc2O)CC1. The monoisotopic (exact) mass is 371 g/mol. The minimum Gasteiger partial charge on any atom is -0.507 e. The maximum Gasteiger partial charge on any atom is 0.257 e. The number of halogens is 1. The van der Waals surface area contributed by atoms with Crippen LogP contribution < -0.4 is 0 Å². The maximum absolute atomic E-state index is 12.3. The number of piperazine rings is 1. The first kappa shape index (κ1) is 14.1. The molecule has 2 rings (SSSR count). The van der Waals surface area contributed by atoms with Crippen molar-refractivity contribution in [1.82, 2.24) is 9.80 Å². The first-order chi connectivity index (χ1) is 9.11. The summed E-state index contributed by atoms with van der Waals surface area (Å²) in [5, 5.41) is 18.4. The Bertz CT molecular complexity index is 519. The van der Waals surface area contributed by atoms with Crippen molar-refractivity contribution in [2.45, 2.75) is 0 Å². The Morgan fingerprint density at radius 3 is 2.68 bits per heavy atom. The molecule has 0 saturated carbocycles. The predicted octanol–water partition coefficient (Wildman–Crippen LogP) is 1.28. The molecule has 0 aromatic heterocycles. The molecular weight excluding hydrogens is 357 g/mol. The van der Waals surface area contributed by atoms with Crippen molar-refractivity contribution in [2.24, 2.45) is 0 Å². The van der Waals surface area contributed by atoms with Gasteiger partial charge in [0.25, 0.3) is 5.91 Å².